The van der Waals surface area contributed by atoms with E-state index in [9.17, 15) is 4.79 Å². The molecule has 1 aliphatic heterocycles. The number of hydrogen-bond donors (Lipinski definition) is 2. The quantitative estimate of drug-likeness (QED) is 0.840. The third-order valence-electron chi connectivity index (χ3n) is 4.19. The largest absolute Gasteiger partial charge is 0.465 e. The number of anilines is 2. The molecule has 2 N–H and O–H groups in total. The van der Waals surface area contributed by atoms with Crippen molar-refractivity contribution in [1.29, 1.82) is 0 Å². The SMILES string of the molecule is COC(=O)c1ccncc1Nc1cnn(C2CCNCC2)c1C. The lowest BCUT2D eigenvalue weighted by atomic mass is 10.1. The van der Waals surface area contributed by atoms with E-state index in [1.54, 1.807) is 24.7 Å². The number of esters is 1. The predicted molar refractivity (Wildman–Crippen MR) is 87.0 cm³/mol. The molecule has 7 nitrogen and oxygen atoms in total. The minimum absolute atomic E-state index is 0.390. The van der Waals surface area contributed by atoms with E-state index in [1.807, 2.05) is 6.92 Å². The van der Waals surface area contributed by atoms with Crippen molar-refractivity contribution in [1.82, 2.24) is 20.1 Å². The molecule has 0 spiro atoms. The standard InChI is InChI=1S/C16H21N5O2/c1-11-14(10-19-21(11)12-3-6-17-7-4-12)20-15-9-18-8-5-13(15)16(22)23-2/h5,8-10,12,17,20H,3-4,6-7H2,1-2H3. The lowest BCUT2D eigenvalue weighted by Gasteiger charge is -2.24. The van der Waals surface area contributed by atoms with E-state index in [0.717, 1.165) is 37.3 Å². The van der Waals surface area contributed by atoms with Crippen molar-refractivity contribution in [2.75, 3.05) is 25.5 Å². The first-order chi connectivity index (χ1) is 11.2. The molecule has 0 aromatic carbocycles. The average Bonchev–Trinajstić information content (AvgIpc) is 2.96. The Balaban J connectivity index is 1.84. The maximum Gasteiger partial charge on any atom is 0.340 e. The summed E-state index contributed by atoms with van der Waals surface area (Å²) in [4.78, 5) is 15.9. The molecule has 1 fully saturated rings. The number of methoxy groups -OCH3 is 1. The zero-order valence-corrected chi connectivity index (χ0v) is 13.4. The molecule has 2 aromatic rings. The average molecular weight is 315 g/mol. The topological polar surface area (TPSA) is 81.1 Å². The van der Waals surface area contributed by atoms with Crippen LogP contribution in [0.2, 0.25) is 0 Å². The Morgan fingerprint density at radius 3 is 2.87 bits per heavy atom. The Bertz CT molecular complexity index is 692. The monoisotopic (exact) mass is 315 g/mol. The minimum atomic E-state index is -0.390. The van der Waals surface area contributed by atoms with Gasteiger partial charge in [-0.05, 0) is 38.9 Å². The van der Waals surface area contributed by atoms with Crippen molar-refractivity contribution in [2.24, 2.45) is 0 Å². The fourth-order valence-corrected chi connectivity index (χ4v) is 2.89. The van der Waals surface area contributed by atoms with Gasteiger partial charge in [-0.3, -0.25) is 9.67 Å². The summed E-state index contributed by atoms with van der Waals surface area (Å²) in [5, 5.41) is 11.1. The number of nitrogens with one attached hydrogen (secondary N) is 2. The van der Waals surface area contributed by atoms with E-state index >= 15 is 0 Å². The summed E-state index contributed by atoms with van der Waals surface area (Å²) in [7, 11) is 1.37. The van der Waals surface area contributed by atoms with Gasteiger partial charge < -0.3 is 15.4 Å². The summed E-state index contributed by atoms with van der Waals surface area (Å²) < 4.78 is 6.88. The summed E-state index contributed by atoms with van der Waals surface area (Å²) in [6.07, 6.45) is 7.13. The third kappa shape index (κ3) is 3.19. The Morgan fingerprint density at radius 1 is 1.35 bits per heavy atom. The van der Waals surface area contributed by atoms with Crippen molar-refractivity contribution >= 4 is 17.3 Å². The van der Waals surface area contributed by atoms with Gasteiger partial charge in [-0.1, -0.05) is 0 Å². The Morgan fingerprint density at radius 2 is 2.13 bits per heavy atom. The lowest BCUT2D eigenvalue weighted by Crippen LogP contribution is -2.30. The van der Waals surface area contributed by atoms with Crippen LogP contribution >= 0.6 is 0 Å². The number of nitrogens with zero attached hydrogens (tertiary/aromatic N) is 3. The molecule has 23 heavy (non-hydrogen) atoms. The Labute approximate surface area is 135 Å². The van der Waals surface area contributed by atoms with E-state index in [2.05, 4.69) is 25.4 Å². The number of hydrogen-bond acceptors (Lipinski definition) is 6. The Hall–Kier alpha value is -2.41. The van der Waals surface area contributed by atoms with E-state index < -0.39 is 5.97 Å². The second-order valence-corrected chi connectivity index (χ2v) is 5.61. The van der Waals surface area contributed by atoms with Gasteiger partial charge in [0, 0.05) is 6.20 Å². The molecular formula is C16H21N5O2. The number of rotatable bonds is 4. The summed E-state index contributed by atoms with van der Waals surface area (Å²) in [6.45, 7) is 4.06. The van der Waals surface area contributed by atoms with Crippen LogP contribution in [0.15, 0.2) is 24.7 Å². The van der Waals surface area contributed by atoms with Crippen LogP contribution in [0, 0.1) is 6.92 Å². The highest BCUT2D eigenvalue weighted by Crippen LogP contribution is 2.27. The zero-order chi connectivity index (χ0) is 16.2. The molecule has 7 heteroatoms. The predicted octanol–water partition coefficient (Wildman–Crippen LogP) is 2.04. The number of aromatic nitrogens is 3. The molecule has 3 heterocycles. The van der Waals surface area contributed by atoms with E-state index in [-0.39, 0.29) is 0 Å². The van der Waals surface area contributed by atoms with Gasteiger partial charge in [0.25, 0.3) is 0 Å². The highest BCUT2D eigenvalue weighted by atomic mass is 16.5. The van der Waals surface area contributed by atoms with Crippen LogP contribution in [0.5, 0.6) is 0 Å². The molecule has 0 bridgehead atoms. The number of carbonyl (C=O) groups is 1. The van der Waals surface area contributed by atoms with Gasteiger partial charge in [0.1, 0.15) is 0 Å². The van der Waals surface area contributed by atoms with Crippen molar-refractivity contribution in [3.05, 3.63) is 35.9 Å². The molecular weight excluding hydrogens is 294 g/mol. The van der Waals surface area contributed by atoms with Crippen LogP contribution in [0.1, 0.15) is 34.9 Å². The lowest BCUT2D eigenvalue weighted by molar-refractivity contribution is 0.0602. The number of carbonyl (C=O) groups excluding carboxylic acids is 1. The van der Waals surface area contributed by atoms with Crippen LogP contribution in [0.4, 0.5) is 11.4 Å². The fraction of sp³-hybridized carbons (Fsp3) is 0.438. The normalized spacial score (nSPS) is 15.4. The van der Waals surface area contributed by atoms with Crippen LogP contribution < -0.4 is 10.6 Å². The van der Waals surface area contributed by atoms with Gasteiger partial charge in [-0.15, -0.1) is 0 Å². The number of ether oxygens (including phenoxy) is 1. The molecule has 1 aliphatic rings. The van der Waals surface area contributed by atoms with Gasteiger partial charge in [0.2, 0.25) is 0 Å². The summed E-state index contributed by atoms with van der Waals surface area (Å²) in [6, 6.07) is 2.06. The minimum Gasteiger partial charge on any atom is -0.465 e. The van der Waals surface area contributed by atoms with Gasteiger partial charge >= 0.3 is 5.97 Å². The summed E-state index contributed by atoms with van der Waals surface area (Å²) in [5.74, 6) is -0.390. The summed E-state index contributed by atoms with van der Waals surface area (Å²) in [5.41, 5.74) is 3.00. The van der Waals surface area contributed by atoms with Gasteiger partial charge in [-0.25, -0.2) is 4.79 Å². The molecule has 0 unspecified atom stereocenters. The number of pyridine rings is 1. The molecule has 2 aromatic heterocycles. The van der Waals surface area contributed by atoms with Crippen LogP contribution in [0.3, 0.4) is 0 Å². The zero-order valence-electron chi connectivity index (χ0n) is 13.4. The first-order valence-electron chi connectivity index (χ1n) is 7.75. The van der Waals surface area contributed by atoms with Crippen LogP contribution in [0.25, 0.3) is 0 Å². The molecule has 1 saturated heterocycles. The smallest absolute Gasteiger partial charge is 0.340 e. The van der Waals surface area contributed by atoms with Crippen molar-refractivity contribution in [2.45, 2.75) is 25.8 Å². The fourth-order valence-electron chi connectivity index (χ4n) is 2.89. The third-order valence-corrected chi connectivity index (χ3v) is 4.19. The first kappa shape index (κ1) is 15.5. The van der Waals surface area contributed by atoms with E-state index in [4.69, 9.17) is 4.74 Å². The first-order valence-corrected chi connectivity index (χ1v) is 7.75. The van der Waals surface area contributed by atoms with Crippen LogP contribution in [-0.2, 0) is 4.74 Å². The second-order valence-electron chi connectivity index (χ2n) is 5.61. The molecule has 0 saturated carbocycles. The molecule has 122 valence electrons. The van der Waals surface area contributed by atoms with E-state index in [0.29, 0.717) is 17.3 Å². The molecule has 0 radical (unpaired) electrons. The second kappa shape index (κ2) is 6.78. The maximum absolute atomic E-state index is 11.8. The Kier molecular flexibility index (Phi) is 4.57. The van der Waals surface area contributed by atoms with Crippen molar-refractivity contribution < 1.29 is 9.53 Å². The van der Waals surface area contributed by atoms with Crippen molar-refractivity contribution in [3.8, 4) is 0 Å². The van der Waals surface area contributed by atoms with Crippen LogP contribution in [-0.4, -0.2) is 40.9 Å². The van der Waals surface area contributed by atoms with Gasteiger partial charge in [0.15, 0.2) is 0 Å². The van der Waals surface area contributed by atoms with E-state index in [1.165, 1.54) is 7.11 Å². The molecule has 0 atom stereocenters. The molecule has 0 amide bonds. The van der Waals surface area contributed by atoms with Crippen molar-refractivity contribution in [3.63, 3.8) is 0 Å². The number of piperidine rings is 1. The maximum atomic E-state index is 11.8. The van der Waals surface area contributed by atoms with Gasteiger partial charge in [-0.2, -0.15) is 5.10 Å². The highest BCUT2D eigenvalue weighted by molar-refractivity contribution is 5.96. The summed E-state index contributed by atoms with van der Waals surface area (Å²) >= 11 is 0. The van der Waals surface area contributed by atoms with Gasteiger partial charge in [0.05, 0.1) is 48.2 Å². The molecule has 3 rings (SSSR count). The highest BCUT2D eigenvalue weighted by Gasteiger charge is 2.20. The molecule has 0 aliphatic carbocycles.